The summed E-state index contributed by atoms with van der Waals surface area (Å²) in [6, 6.07) is -4.40. The number of nitrogens with two attached hydrogens (primary N) is 4. The van der Waals surface area contributed by atoms with Gasteiger partial charge in [-0.05, 0) is 43.6 Å². The fourth-order valence-corrected chi connectivity index (χ4v) is 3.68. The van der Waals surface area contributed by atoms with Gasteiger partial charge in [0.05, 0.1) is 6.04 Å². The fraction of sp³-hybridized carbons (Fsp3) is 0.727. The Labute approximate surface area is 221 Å². The number of guanidine groups is 1. The van der Waals surface area contributed by atoms with Gasteiger partial charge in [-0.15, -0.1) is 0 Å². The average molecular weight is 547 g/mol. The minimum Gasteiger partial charge on any atom is -0.480 e. The number of aliphatic imine (C=N–C) groups is 1. The molecule has 212 valence electrons. The molecule has 0 aliphatic rings. The SMILES string of the molecule is CCC(C)C(NC(=O)C(CCC(N)=O)NC(=O)C(CCCN=C(N)N)NC(=O)C(N)CCSC)C(=O)O. The summed E-state index contributed by atoms with van der Waals surface area (Å²) in [4.78, 5) is 65.5. The second-order valence-electron chi connectivity index (χ2n) is 8.67. The molecule has 4 amide bonds. The molecule has 0 aromatic carbocycles. The predicted octanol–water partition coefficient (Wildman–Crippen LogP) is -2.03. The van der Waals surface area contributed by atoms with Crippen molar-refractivity contribution in [1.29, 1.82) is 0 Å². The first-order chi connectivity index (χ1) is 17.3. The van der Waals surface area contributed by atoms with E-state index in [4.69, 9.17) is 22.9 Å². The minimum atomic E-state index is -1.27. The second kappa shape index (κ2) is 18.2. The van der Waals surface area contributed by atoms with Crippen LogP contribution in [-0.2, 0) is 24.0 Å². The molecule has 0 aliphatic carbocycles. The molecule has 0 aliphatic heterocycles. The molecule has 0 saturated heterocycles. The smallest absolute Gasteiger partial charge is 0.326 e. The Morgan fingerprint density at radius 3 is 2.00 bits per heavy atom. The quantitative estimate of drug-likeness (QED) is 0.0500. The third-order valence-corrected chi connectivity index (χ3v) is 6.28. The van der Waals surface area contributed by atoms with E-state index in [0.29, 0.717) is 25.0 Å². The summed E-state index contributed by atoms with van der Waals surface area (Å²) in [6.07, 6.45) is 2.80. The van der Waals surface area contributed by atoms with Crippen molar-refractivity contribution in [2.75, 3.05) is 18.6 Å². The van der Waals surface area contributed by atoms with Crippen molar-refractivity contribution < 1.29 is 29.1 Å². The summed E-state index contributed by atoms with van der Waals surface area (Å²) < 4.78 is 0. The van der Waals surface area contributed by atoms with Crippen molar-refractivity contribution in [3.63, 3.8) is 0 Å². The third-order valence-electron chi connectivity index (χ3n) is 5.64. The number of carbonyl (C=O) groups is 5. The molecule has 12 N–H and O–H groups in total. The number of thioether (sulfide) groups is 1. The summed E-state index contributed by atoms with van der Waals surface area (Å²) in [7, 11) is 0. The summed E-state index contributed by atoms with van der Waals surface area (Å²) >= 11 is 1.52. The number of carbonyl (C=O) groups excluding carboxylic acids is 4. The van der Waals surface area contributed by atoms with Crippen LogP contribution in [0.4, 0.5) is 0 Å². The number of nitrogens with zero attached hydrogens (tertiary/aromatic N) is 1. The molecule has 0 aromatic rings. The van der Waals surface area contributed by atoms with Crippen LogP contribution >= 0.6 is 11.8 Å². The zero-order valence-corrected chi connectivity index (χ0v) is 22.5. The van der Waals surface area contributed by atoms with E-state index >= 15 is 0 Å². The van der Waals surface area contributed by atoms with E-state index in [1.165, 1.54) is 11.8 Å². The maximum atomic E-state index is 13.1. The Kier molecular flexibility index (Phi) is 16.7. The van der Waals surface area contributed by atoms with Gasteiger partial charge in [-0.3, -0.25) is 24.2 Å². The molecule has 0 aromatic heterocycles. The molecule has 14 nitrogen and oxygen atoms in total. The van der Waals surface area contributed by atoms with Crippen LogP contribution in [-0.4, -0.2) is 83.4 Å². The minimum absolute atomic E-state index is 0.123. The largest absolute Gasteiger partial charge is 0.480 e. The Balaban J connectivity index is 5.69. The lowest BCUT2D eigenvalue weighted by atomic mass is 9.98. The fourth-order valence-electron chi connectivity index (χ4n) is 3.19. The maximum absolute atomic E-state index is 13.1. The van der Waals surface area contributed by atoms with Gasteiger partial charge < -0.3 is 44.0 Å². The lowest BCUT2D eigenvalue weighted by Gasteiger charge is -2.26. The van der Waals surface area contributed by atoms with Crippen LogP contribution in [0.1, 0.15) is 52.4 Å². The number of carboxylic acid groups (broad SMARTS) is 1. The molecular weight excluding hydrogens is 504 g/mol. The van der Waals surface area contributed by atoms with Crippen LogP contribution in [0.5, 0.6) is 0 Å². The summed E-state index contributed by atoms with van der Waals surface area (Å²) in [5.74, 6) is -3.85. The molecule has 37 heavy (non-hydrogen) atoms. The molecule has 0 radical (unpaired) electrons. The van der Waals surface area contributed by atoms with Crippen molar-refractivity contribution in [1.82, 2.24) is 16.0 Å². The van der Waals surface area contributed by atoms with E-state index in [0.717, 1.165) is 0 Å². The van der Waals surface area contributed by atoms with E-state index < -0.39 is 53.8 Å². The van der Waals surface area contributed by atoms with E-state index in [1.807, 2.05) is 6.26 Å². The molecule has 5 unspecified atom stereocenters. The molecule has 0 bridgehead atoms. The molecule has 0 spiro atoms. The first-order valence-corrected chi connectivity index (χ1v) is 13.4. The maximum Gasteiger partial charge on any atom is 0.326 e. The van der Waals surface area contributed by atoms with E-state index in [2.05, 4.69) is 20.9 Å². The number of hydrogen-bond acceptors (Lipinski definition) is 8. The number of aliphatic carboxylic acids is 1. The highest BCUT2D eigenvalue weighted by molar-refractivity contribution is 7.98. The van der Waals surface area contributed by atoms with Gasteiger partial charge in [-0.1, -0.05) is 20.3 Å². The van der Waals surface area contributed by atoms with Gasteiger partial charge in [-0.25, -0.2) is 4.79 Å². The van der Waals surface area contributed by atoms with Crippen LogP contribution < -0.4 is 38.9 Å². The number of amides is 4. The molecular formula is C22H42N8O6S. The summed E-state index contributed by atoms with van der Waals surface area (Å²) in [5.41, 5.74) is 21.8. The van der Waals surface area contributed by atoms with Gasteiger partial charge >= 0.3 is 5.97 Å². The summed E-state index contributed by atoms with van der Waals surface area (Å²) in [5, 5.41) is 17.0. The predicted molar refractivity (Wildman–Crippen MR) is 142 cm³/mol. The van der Waals surface area contributed by atoms with Gasteiger partial charge in [0.15, 0.2) is 5.96 Å². The highest BCUT2D eigenvalue weighted by Crippen LogP contribution is 2.10. The molecule has 0 heterocycles. The number of nitrogens with one attached hydrogen (secondary N) is 3. The van der Waals surface area contributed by atoms with Gasteiger partial charge in [0.25, 0.3) is 0 Å². The number of primary amides is 1. The van der Waals surface area contributed by atoms with Gasteiger partial charge in [-0.2, -0.15) is 11.8 Å². The zero-order chi connectivity index (χ0) is 28.5. The molecule has 0 fully saturated rings. The van der Waals surface area contributed by atoms with E-state index in [1.54, 1.807) is 13.8 Å². The lowest BCUT2D eigenvalue weighted by molar-refractivity contribution is -0.144. The van der Waals surface area contributed by atoms with Crippen LogP contribution in [0, 0.1) is 5.92 Å². The first-order valence-electron chi connectivity index (χ1n) is 12.1. The van der Waals surface area contributed by atoms with E-state index in [9.17, 15) is 29.1 Å². The van der Waals surface area contributed by atoms with Crippen molar-refractivity contribution in [3.8, 4) is 0 Å². The van der Waals surface area contributed by atoms with Crippen LogP contribution in [0.2, 0.25) is 0 Å². The van der Waals surface area contributed by atoms with Crippen molar-refractivity contribution >= 4 is 47.3 Å². The van der Waals surface area contributed by atoms with Crippen molar-refractivity contribution in [3.05, 3.63) is 0 Å². The average Bonchev–Trinajstić information content (AvgIpc) is 2.83. The highest BCUT2D eigenvalue weighted by atomic mass is 32.2. The first kappa shape index (κ1) is 33.9. The van der Waals surface area contributed by atoms with Crippen LogP contribution in [0.25, 0.3) is 0 Å². The van der Waals surface area contributed by atoms with Gasteiger partial charge in [0.1, 0.15) is 18.1 Å². The van der Waals surface area contributed by atoms with E-state index in [-0.39, 0.29) is 37.7 Å². The van der Waals surface area contributed by atoms with Gasteiger partial charge in [0.2, 0.25) is 23.6 Å². The van der Waals surface area contributed by atoms with Crippen LogP contribution in [0.3, 0.4) is 0 Å². The monoisotopic (exact) mass is 546 g/mol. The number of hydrogen-bond donors (Lipinski definition) is 8. The molecule has 0 saturated carbocycles. The molecule has 5 atom stereocenters. The summed E-state index contributed by atoms with van der Waals surface area (Å²) in [6.45, 7) is 3.64. The number of rotatable bonds is 19. The lowest BCUT2D eigenvalue weighted by Crippen LogP contribution is -2.57. The second-order valence-corrected chi connectivity index (χ2v) is 9.66. The topological polar surface area (TPSA) is 258 Å². The Morgan fingerprint density at radius 2 is 1.49 bits per heavy atom. The number of carboxylic acids is 1. The molecule has 0 rings (SSSR count). The Bertz CT molecular complexity index is 808. The molecule has 15 heteroatoms. The standard InChI is InChI=1S/C22H42N8O6S/c1-4-12(2)17(21(35)36)30-20(34)15(7-8-16(24)31)29-19(33)14(6-5-10-27-22(25)26)28-18(32)13(23)9-11-37-3/h12-15,17H,4-11,23H2,1-3H3,(H2,24,31)(H,28,32)(H,29,33)(H,30,34)(H,35,36)(H4,25,26,27). The van der Waals surface area contributed by atoms with Crippen molar-refractivity contribution in [2.24, 2.45) is 33.8 Å². The van der Waals surface area contributed by atoms with Crippen molar-refractivity contribution in [2.45, 2.75) is 76.5 Å². The zero-order valence-electron chi connectivity index (χ0n) is 21.7. The Morgan fingerprint density at radius 1 is 0.919 bits per heavy atom. The highest BCUT2D eigenvalue weighted by Gasteiger charge is 2.32. The normalized spacial score (nSPS) is 14.8. The van der Waals surface area contributed by atoms with Gasteiger partial charge in [0, 0.05) is 13.0 Å². The van der Waals surface area contributed by atoms with Crippen LogP contribution in [0.15, 0.2) is 4.99 Å². The Hall–Kier alpha value is -3.07. The third kappa shape index (κ3) is 14.3.